The molecule has 0 N–H and O–H groups in total. The third kappa shape index (κ3) is 4.68. The second kappa shape index (κ2) is 11.0. The monoisotopic (exact) mass is 474 g/mol. The predicted octanol–water partition coefficient (Wildman–Crippen LogP) is 8.52. The van der Waals surface area contributed by atoms with E-state index in [1.165, 1.54) is 70.4 Å². The van der Waals surface area contributed by atoms with Gasteiger partial charge in [-0.2, -0.15) is 0 Å². The molecule has 0 aromatic heterocycles. The van der Waals surface area contributed by atoms with Crippen LogP contribution in [0, 0.1) is 0 Å². The van der Waals surface area contributed by atoms with Gasteiger partial charge in [0.25, 0.3) is 0 Å². The van der Waals surface area contributed by atoms with Crippen LogP contribution in [0.2, 0.25) is 0 Å². The number of benzene rings is 2. The largest absolute Gasteiger partial charge is 0.0925 e. The zero-order valence-electron chi connectivity index (χ0n) is 20.3. The van der Waals surface area contributed by atoms with Gasteiger partial charge in [-0.25, -0.2) is 0 Å². The molecule has 0 saturated heterocycles. The van der Waals surface area contributed by atoms with Crippen LogP contribution >= 0.6 is 15.8 Å². The molecular formula is C31H40P2. The molecule has 2 aromatic rings. The van der Waals surface area contributed by atoms with Crippen molar-refractivity contribution in [1.29, 1.82) is 0 Å². The fourth-order valence-electron chi connectivity index (χ4n) is 7.09. The Morgan fingerprint density at radius 1 is 0.788 bits per heavy atom. The Hall–Kier alpha value is -1.22. The summed E-state index contributed by atoms with van der Waals surface area (Å²) in [5, 5.41) is 3.61. The number of hydrogen-bond acceptors (Lipinski definition) is 0. The predicted molar refractivity (Wildman–Crippen MR) is 150 cm³/mol. The van der Waals surface area contributed by atoms with Crippen molar-refractivity contribution in [2.75, 3.05) is 6.16 Å². The Bertz CT molecular complexity index is 902. The molecule has 2 saturated carbocycles. The molecule has 0 bridgehead atoms. The Labute approximate surface area is 204 Å². The van der Waals surface area contributed by atoms with E-state index in [1.54, 1.807) is 10.6 Å². The van der Waals surface area contributed by atoms with Crippen LogP contribution in [0.5, 0.6) is 0 Å². The van der Waals surface area contributed by atoms with Crippen molar-refractivity contribution in [2.24, 2.45) is 0 Å². The molecule has 2 fully saturated rings. The molecule has 5 rings (SSSR count). The third-order valence-corrected chi connectivity index (χ3v) is 15.6. The van der Waals surface area contributed by atoms with Crippen molar-refractivity contribution in [3.8, 4) is 0 Å². The molecule has 174 valence electrons. The summed E-state index contributed by atoms with van der Waals surface area (Å²) in [4.78, 5) is 0. The maximum absolute atomic E-state index is 2.57. The van der Waals surface area contributed by atoms with E-state index in [-0.39, 0.29) is 15.8 Å². The van der Waals surface area contributed by atoms with Crippen LogP contribution in [-0.4, -0.2) is 22.6 Å². The van der Waals surface area contributed by atoms with Crippen LogP contribution in [0.1, 0.15) is 71.1 Å². The molecule has 0 amide bonds. The molecule has 2 heteroatoms. The van der Waals surface area contributed by atoms with Crippen LogP contribution in [0.25, 0.3) is 0 Å². The van der Waals surface area contributed by atoms with E-state index >= 15 is 0 Å². The average molecular weight is 475 g/mol. The first kappa shape index (κ1) is 23.5. The highest BCUT2D eigenvalue weighted by Crippen LogP contribution is 2.70. The molecule has 1 unspecified atom stereocenters. The first-order valence-electron chi connectivity index (χ1n) is 13.4. The smallest absolute Gasteiger partial charge is 0.0195 e. The maximum atomic E-state index is 2.57. The Balaban J connectivity index is 1.66. The standard InChI is InChI=1S/C31H40P2/c1-2-32(27-18-6-3-7-19-27)31(26-16-12-13-17-26)25-15-14-24-30(31)33(28-20-8-4-9-21-28)29-22-10-5-11-23-29/h4-5,8-13,16,20-23,27,30H,2-3,6-7,14-15,17-19,24-25H2,1H3/t30-,31+,32?/m1/s1. The van der Waals surface area contributed by atoms with Crippen molar-refractivity contribution in [3.63, 3.8) is 0 Å². The molecule has 3 aliphatic rings. The lowest BCUT2D eigenvalue weighted by Gasteiger charge is -2.56. The average Bonchev–Trinajstić information content (AvgIpc) is 3.43. The number of allylic oxidation sites excluding steroid dienone is 4. The Morgan fingerprint density at radius 3 is 2.00 bits per heavy atom. The normalized spacial score (nSPS) is 27.0. The van der Waals surface area contributed by atoms with Crippen molar-refractivity contribution in [1.82, 2.24) is 0 Å². The van der Waals surface area contributed by atoms with Crippen LogP contribution in [0.3, 0.4) is 0 Å². The van der Waals surface area contributed by atoms with Gasteiger partial charge in [0, 0.05) is 10.8 Å². The lowest BCUT2D eigenvalue weighted by atomic mass is 9.81. The molecule has 0 spiro atoms. The van der Waals surface area contributed by atoms with Crippen molar-refractivity contribution in [3.05, 3.63) is 84.5 Å². The van der Waals surface area contributed by atoms with Crippen LogP contribution in [0.15, 0.2) is 84.5 Å². The quantitative estimate of drug-likeness (QED) is 0.353. The first-order chi connectivity index (χ1) is 16.3. The second-order valence-electron chi connectivity index (χ2n) is 10.1. The van der Waals surface area contributed by atoms with Crippen molar-refractivity contribution < 1.29 is 0 Å². The summed E-state index contributed by atoms with van der Waals surface area (Å²) in [6.07, 6.45) is 23.0. The molecule has 2 aromatic carbocycles. The van der Waals surface area contributed by atoms with Gasteiger partial charge in [0.05, 0.1) is 0 Å². The summed E-state index contributed by atoms with van der Waals surface area (Å²) in [6.45, 7) is 2.55. The van der Waals surface area contributed by atoms with E-state index in [2.05, 4.69) is 85.8 Å². The highest BCUT2D eigenvalue weighted by Gasteiger charge is 2.53. The number of rotatable bonds is 7. The molecule has 3 aliphatic carbocycles. The zero-order valence-corrected chi connectivity index (χ0v) is 22.1. The van der Waals surface area contributed by atoms with E-state index in [9.17, 15) is 0 Å². The van der Waals surface area contributed by atoms with Gasteiger partial charge in [-0.3, -0.25) is 0 Å². The molecule has 0 radical (unpaired) electrons. The van der Waals surface area contributed by atoms with Gasteiger partial charge in [0.15, 0.2) is 0 Å². The first-order valence-corrected chi connectivity index (χ1v) is 16.4. The van der Waals surface area contributed by atoms with Crippen molar-refractivity contribution in [2.45, 2.75) is 87.6 Å². The highest BCUT2D eigenvalue weighted by molar-refractivity contribution is 7.75. The maximum Gasteiger partial charge on any atom is 0.0195 e. The molecule has 3 atom stereocenters. The molecule has 0 nitrogen and oxygen atoms in total. The third-order valence-electron chi connectivity index (χ3n) is 8.41. The second-order valence-corrected chi connectivity index (χ2v) is 15.6. The fraction of sp³-hybridized carbons (Fsp3) is 0.484. The van der Waals surface area contributed by atoms with E-state index in [1.807, 2.05) is 5.57 Å². The van der Waals surface area contributed by atoms with E-state index in [0.29, 0.717) is 5.16 Å². The van der Waals surface area contributed by atoms with E-state index in [4.69, 9.17) is 0 Å². The van der Waals surface area contributed by atoms with Gasteiger partial charge in [0.1, 0.15) is 0 Å². The lowest BCUT2D eigenvalue weighted by molar-refractivity contribution is 0.425. The van der Waals surface area contributed by atoms with Gasteiger partial charge in [0.2, 0.25) is 0 Å². The minimum absolute atomic E-state index is 0.0346. The number of hydrogen-bond donors (Lipinski definition) is 0. The Kier molecular flexibility index (Phi) is 7.85. The zero-order chi connectivity index (χ0) is 22.5. The summed E-state index contributed by atoms with van der Waals surface area (Å²) in [5.41, 5.74) is 3.56. The van der Waals surface area contributed by atoms with Crippen LogP contribution in [-0.2, 0) is 0 Å². The Morgan fingerprint density at radius 2 is 1.42 bits per heavy atom. The summed E-state index contributed by atoms with van der Waals surface area (Å²) in [6, 6.07) is 23.2. The minimum atomic E-state index is -0.385. The molecule has 33 heavy (non-hydrogen) atoms. The summed E-state index contributed by atoms with van der Waals surface area (Å²) >= 11 is 0. The van der Waals surface area contributed by atoms with Gasteiger partial charge in [-0.15, -0.1) is 0 Å². The molecular weight excluding hydrogens is 434 g/mol. The van der Waals surface area contributed by atoms with Gasteiger partial charge >= 0.3 is 0 Å². The molecule has 0 heterocycles. The summed E-state index contributed by atoms with van der Waals surface area (Å²) < 4.78 is 0. The lowest BCUT2D eigenvalue weighted by Crippen LogP contribution is -2.48. The fourth-order valence-corrected chi connectivity index (χ4v) is 15.3. The van der Waals surface area contributed by atoms with Gasteiger partial charge in [-0.1, -0.05) is 131 Å². The summed E-state index contributed by atoms with van der Waals surface area (Å²) in [7, 11) is -0.419. The highest BCUT2D eigenvalue weighted by atomic mass is 31.1. The van der Waals surface area contributed by atoms with Gasteiger partial charge in [-0.05, 0) is 62.5 Å². The van der Waals surface area contributed by atoms with Crippen LogP contribution in [0.4, 0.5) is 0 Å². The summed E-state index contributed by atoms with van der Waals surface area (Å²) in [5.74, 6) is 0. The SMILES string of the molecule is CCP(C1CCCCC1)[C@]1(C2=CC=CC2)CCCC[C@H]1P(c1ccccc1)c1ccccc1. The van der Waals surface area contributed by atoms with Gasteiger partial charge < -0.3 is 0 Å². The van der Waals surface area contributed by atoms with E-state index in [0.717, 1.165) is 11.3 Å². The molecule has 0 aliphatic heterocycles. The van der Waals surface area contributed by atoms with Crippen LogP contribution < -0.4 is 10.6 Å². The topological polar surface area (TPSA) is 0 Å². The minimum Gasteiger partial charge on any atom is -0.0925 e. The van der Waals surface area contributed by atoms with E-state index < -0.39 is 0 Å². The van der Waals surface area contributed by atoms with Crippen molar-refractivity contribution >= 4 is 26.5 Å².